The van der Waals surface area contributed by atoms with Gasteiger partial charge in [-0.15, -0.1) is 0 Å². The Kier molecular flexibility index (Phi) is 3.96. The van der Waals surface area contributed by atoms with Gasteiger partial charge in [0.25, 0.3) is 5.91 Å². The third kappa shape index (κ3) is 2.75. The lowest BCUT2D eigenvalue weighted by Gasteiger charge is -2.32. The van der Waals surface area contributed by atoms with E-state index in [-0.39, 0.29) is 11.9 Å². The standard InChI is InChI=1S/C15H22N6O/c1-4-20-9-13(8-16-20)15(22)19-7-5-6-14(10-19)21-12(3)17-11(2)18-21/h8-9,14H,4-7,10H2,1-3H3/t14-/m1/s1. The van der Waals surface area contributed by atoms with Crippen LogP contribution in [0.4, 0.5) is 0 Å². The van der Waals surface area contributed by atoms with Crippen LogP contribution in [0.5, 0.6) is 0 Å². The number of hydrogen-bond acceptors (Lipinski definition) is 4. The molecule has 0 radical (unpaired) electrons. The van der Waals surface area contributed by atoms with E-state index in [0.717, 1.165) is 37.6 Å². The van der Waals surface area contributed by atoms with Gasteiger partial charge >= 0.3 is 0 Å². The van der Waals surface area contributed by atoms with Gasteiger partial charge in [0.2, 0.25) is 0 Å². The molecule has 2 aromatic heterocycles. The lowest BCUT2D eigenvalue weighted by Crippen LogP contribution is -2.41. The van der Waals surface area contributed by atoms with E-state index in [1.165, 1.54) is 0 Å². The molecule has 0 N–H and O–H groups in total. The summed E-state index contributed by atoms with van der Waals surface area (Å²) in [5.41, 5.74) is 0.661. The van der Waals surface area contributed by atoms with Crippen molar-refractivity contribution in [3.8, 4) is 0 Å². The monoisotopic (exact) mass is 302 g/mol. The van der Waals surface area contributed by atoms with E-state index in [1.807, 2.05) is 36.5 Å². The third-order valence-corrected chi connectivity index (χ3v) is 4.14. The molecule has 1 aliphatic heterocycles. The number of amides is 1. The zero-order chi connectivity index (χ0) is 15.7. The average molecular weight is 302 g/mol. The van der Waals surface area contributed by atoms with E-state index in [2.05, 4.69) is 15.2 Å². The highest BCUT2D eigenvalue weighted by atomic mass is 16.2. The largest absolute Gasteiger partial charge is 0.336 e. The van der Waals surface area contributed by atoms with Gasteiger partial charge in [0.15, 0.2) is 0 Å². The van der Waals surface area contributed by atoms with Crippen LogP contribution in [0.1, 0.15) is 47.8 Å². The molecule has 1 fully saturated rings. The minimum atomic E-state index is 0.0545. The predicted octanol–water partition coefficient (Wildman–Crippen LogP) is 1.59. The summed E-state index contributed by atoms with van der Waals surface area (Å²) in [6, 6.07) is 0.208. The van der Waals surface area contributed by atoms with E-state index < -0.39 is 0 Å². The van der Waals surface area contributed by atoms with E-state index in [0.29, 0.717) is 12.1 Å². The second-order valence-corrected chi connectivity index (χ2v) is 5.78. The minimum Gasteiger partial charge on any atom is -0.336 e. The van der Waals surface area contributed by atoms with E-state index in [1.54, 1.807) is 10.9 Å². The second kappa shape index (κ2) is 5.90. The van der Waals surface area contributed by atoms with Crippen molar-refractivity contribution in [2.75, 3.05) is 13.1 Å². The summed E-state index contributed by atoms with van der Waals surface area (Å²) >= 11 is 0. The molecule has 0 aliphatic carbocycles. The molecule has 3 heterocycles. The van der Waals surface area contributed by atoms with E-state index in [9.17, 15) is 4.79 Å². The predicted molar refractivity (Wildman–Crippen MR) is 81.6 cm³/mol. The summed E-state index contributed by atoms with van der Waals surface area (Å²) in [6.07, 6.45) is 5.48. The fraction of sp³-hybridized carbons (Fsp3) is 0.600. The third-order valence-electron chi connectivity index (χ3n) is 4.14. The summed E-state index contributed by atoms with van der Waals surface area (Å²) in [4.78, 5) is 18.9. The average Bonchev–Trinajstić information content (AvgIpc) is 3.13. The molecule has 1 aliphatic rings. The molecule has 1 amide bonds. The van der Waals surface area contributed by atoms with Crippen LogP contribution in [0, 0.1) is 13.8 Å². The lowest BCUT2D eigenvalue weighted by molar-refractivity contribution is 0.0671. The van der Waals surface area contributed by atoms with Crippen molar-refractivity contribution in [1.82, 2.24) is 29.4 Å². The topological polar surface area (TPSA) is 68.8 Å². The summed E-state index contributed by atoms with van der Waals surface area (Å²) in [5, 5.41) is 8.66. The van der Waals surface area contributed by atoms with Crippen LogP contribution < -0.4 is 0 Å². The van der Waals surface area contributed by atoms with Crippen molar-refractivity contribution in [2.45, 2.75) is 46.2 Å². The molecular formula is C15H22N6O. The Labute approximate surface area is 129 Å². The Morgan fingerprint density at radius 2 is 2.23 bits per heavy atom. The molecule has 1 atom stereocenters. The Hall–Kier alpha value is -2.18. The molecule has 0 aromatic carbocycles. The summed E-state index contributed by atoms with van der Waals surface area (Å²) < 4.78 is 3.74. The van der Waals surface area contributed by atoms with Crippen molar-refractivity contribution in [2.24, 2.45) is 0 Å². The van der Waals surface area contributed by atoms with Crippen LogP contribution in [0.2, 0.25) is 0 Å². The minimum absolute atomic E-state index is 0.0545. The van der Waals surface area contributed by atoms with Crippen molar-refractivity contribution in [1.29, 1.82) is 0 Å². The fourth-order valence-electron chi connectivity index (χ4n) is 3.05. The van der Waals surface area contributed by atoms with Gasteiger partial charge in [0.1, 0.15) is 11.6 Å². The molecule has 1 saturated heterocycles. The van der Waals surface area contributed by atoms with Crippen molar-refractivity contribution in [3.63, 3.8) is 0 Å². The molecule has 0 unspecified atom stereocenters. The number of aromatic nitrogens is 5. The first-order chi connectivity index (χ1) is 10.6. The Bertz CT molecular complexity index is 673. The van der Waals surface area contributed by atoms with Gasteiger partial charge in [-0.3, -0.25) is 9.48 Å². The number of aryl methyl sites for hydroxylation is 3. The highest BCUT2D eigenvalue weighted by Crippen LogP contribution is 2.23. The molecule has 22 heavy (non-hydrogen) atoms. The second-order valence-electron chi connectivity index (χ2n) is 5.78. The van der Waals surface area contributed by atoms with Crippen LogP contribution >= 0.6 is 0 Å². The van der Waals surface area contributed by atoms with E-state index in [4.69, 9.17) is 0 Å². The van der Waals surface area contributed by atoms with Gasteiger partial charge in [0.05, 0.1) is 17.8 Å². The molecule has 0 spiro atoms. The molecule has 2 aromatic rings. The lowest BCUT2D eigenvalue weighted by atomic mass is 10.1. The van der Waals surface area contributed by atoms with Crippen LogP contribution in [0.15, 0.2) is 12.4 Å². The van der Waals surface area contributed by atoms with Gasteiger partial charge < -0.3 is 4.90 Å². The number of rotatable bonds is 3. The highest BCUT2D eigenvalue weighted by molar-refractivity contribution is 5.93. The highest BCUT2D eigenvalue weighted by Gasteiger charge is 2.27. The Balaban J connectivity index is 1.75. The zero-order valence-corrected chi connectivity index (χ0v) is 13.4. The smallest absolute Gasteiger partial charge is 0.257 e. The molecule has 118 valence electrons. The Morgan fingerprint density at radius 1 is 1.41 bits per heavy atom. The SMILES string of the molecule is CCn1cc(C(=O)N2CCC[C@@H](n3nc(C)nc3C)C2)cn1. The number of carbonyl (C=O) groups excluding carboxylic acids is 1. The maximum Gasteiger partial charge on any atom is 0.257 e. The molecule has 7 heteroatoms. The van der Waals surface area contributed by atoms with Gasteiger partial charge in [-0.2, -0.15) is 10.2 Å². The zero-order valence-electron chi connectivity index (χ0n) is 13.4. The molecule has 0 bridgehead atoms. The van der Waals surface area contributed by atoms with Gasteiger partial charge in [-0.25, -0.2) is 9.67 Å². The van der Waals surface area contributed by atoms with Crippen molar-refractivity contribution >= 4 is 5.91 Å². The molecule has 0 saturated carbocycles. The molecule has 3 rings (SSSR count). The number of hydrogen-bond donors (Lipinski definition) is 0. The van der Waals surface area contributed by atoms with Crippen molar-refractivity contribution < 1.29 is 4.79 Å². The number of carbonyl (C=O) groups is 1. The normalized spacial score (nSPS) is 18.7. The first-order valence-electron chi connectivity index (χ1n) is 7.80. The summed E-state index contributed by atoms with van der Waals surface area (Å²) in [6.45, 7) is 8.11. The number of likely N-dealkylation sites (tertiary alicyclic amines) is 1. The number of piperidine rings is 1. The van der Waals surface area contributed by atoms with Gasteiger partial charge in [-0.05, 0) is 33.6 Å². The summed E-state index contributed by atoms with van der Waals surface area (Å²) in [5.74, 6) is 1.75. The van der Waals surface area contributed by atoms with Crippen LogP contribution in [-0.4, -0.2) is 48.4 Å². The fourth-order valence-corrected chi connectivity index (χ4v) is 3.05. The maximum atomic E-state index is 12.6. The first kappa shape index (κ1) is 14.7. The van der Waals surface area contributed by atoms with Crippen molar-refractivity contribution in [3.05, 3.63) is 29.6 Å². The molecule has 7 nitrogen and oxygen atoms in total. The Morgan fingerprint density at radius 3 is 2.86 bits per heavy atom. The van der Waals surface area contributed by atoms with Crippen LogP contribution in [0.3, 0.4) is 0 Å². The number of nitrogens with zero attached hydrogens (tertiary/aromatic N) is 6. The van der Waals surface area contributed by atoms with Crippen LogP contribution in [0.25, 0.3) is 0 Å². The molecular weight excluding hydrogens is 280 g/mol. The van der Waals surface area contributed by atoms with Gasteiger partial charge in [0, 0.05) is 25.8 Å². The van der Waals surface area contributed by atoms with Gasteiger partial charge in [-0.1, -0.05) is 0 Å². The quantitative estimate of drug-likeness (QED) is 0.863. The summed E-state index contributed by atoms with van der Waals surface area (Å²) in [7, 11) is 0. The van der Waals surface area contributed by atoms with Crippen LogP contribution in [-0.2, 0) is 6.54 Å². The van der Waals surface area contributed by atoms with E-state index >= 15 is 0 Å². The maximum absolute atomic E-state index is 12.6. The first-order valence-corrected chi connectivity index (χ1v) is 7.80.